The first-order chi connectivity index (χ1) is 11.5. The largest absolute Gasteiger partial charge is 0.497 e. The van der Waals surface area contributed by atoms with Gasteiger partial charge in [0.15, 0.2) is 10.8 Å². The maximum atomic E-state index is 6.47. The summed E-state index contributed by atoms with van der Waals surface area (Å²) in [7, 11) is 1.67. The van der Waals surface area contributed by atoms with Crippen molar-refractivity contribution in [3.8, 4) is 11.5 Å². The second kappa shape index (κ2) is 5.38. The van der Waals surface area contributed by atoms with Gasteiger partial charge in [-0.15, -0.1) is 0 Å². The maximum absolute atomic E-state index is 6.47. The molecule has 0 radical (unpaired) electrons. The Kier molecular flexibility index (Phi) is 3.42. The number of fused-ring (bicyclic) bond motifs is 4. The van der Waals surface area contributed by atoms with Crippen molar-refractivity contribution in [2.45, 2.75) is 25.6 Å². The van der Waals surface area contributed by atoms with E-state index in [1.54, 1.807) is 7.11 Å². The Balaban J connectivity index is 1.84. The van der Waals surface area contributed by atoms with Crippen LogP contribution in [0.5, 0.6) is 11.5 Å². The fraction of sp³-hybridized carbons (Fsp3) is 0.316. The summed E-state index contributed by atoms with van der Waals surface area (Å²) in [4.78, 5) is 2.06. The van der Waals surface area contributed by atoms with E-state index in [9.17, 15) is 0 Å². The molecule has 4 nitrogen and oxygen atoms in total. The van der Waals surface area contributed by atoms with Gasteiger partial charge >= 0.3 is 0 Å². The van der Waals surface area contributed by atoms with Crippen LogP contribution in [-0.4, -0.2) is 17.9 Å². The summed E-state index contributed by atoms with van der Waals surface area (Å²) in [6.45, 7) is 4.30. The summed E-state index contributed by atoms with van der Waals surface area (Å²) >= 11 is 5.69. The van der Waals surface area contributed by atoms with Gasteiger partial charge in [-0.05, 0) is 37.3 Å². The van der Waals surface area contributed by atoms with Crippen molar-refractivity contribution in [1.82, 2.24) is 5.32 Å². The molecular formula is C19H20N2O2S. The standard InChI is InChI=1S/C19H20N2O2S/c1-12-17-15-9-4-5-10-16(15)23-19(12,2)21(18(24)20-17)13-7-6-8-14(11-13)22-3/h4-12,17H,1-3H3,(H,20,24)/t12-,17+,19-/m0/s1. The number of nitrogens with one attached hydrogen (secondary N) is 1. The van der Waals surface area contributed by atoms with E-state index >= 15 is 0 Å². The van der Waals surface area contributed by atoms with Gasteiger partial charge in [0.25, 0.3) is 0 Å². The van der Waals surface area contributed by atoms with Crippen LogP contribution < -0.4 is 19.7 Å². The smallest absolute Gasteiger partial charge is 0.190 e. The van der Waals surface area contributed by atoms with Crippen LogP contribution in [-0.2, 0) is 0 Å². The van der Waals surface area contributed by atoms with Crippen molar-refractivity contribution in [3.05, 3.63) is 54.1 Å². The van der Waals surface area contributed by atoms with Crippen LogP contribution in [0.2, 0.25) is 0 Å². The topological polar surface area (TPSA) is 33.7 Å². The number of nitrogens with zero attached hydrogens (tertiary/aromatic N) is 1. The number of para-hydroxylation sites is 1. The molecule has 2 aliphatic heterocycles. The lowest BCUT2D eigenvalue weighted by Crippen LogP contribution is -2.69. The molecule has 2 heterocycles. The van der Waals surface area contributed by atoms with E-state index in [1.165, 1.54) is 0 Å². The van der Waals surface area contributed by atoms with Crippen LogP contribution in [0.15, 0.2) is 48.5 Å². The van der Waals surface area contributed by atoms with E-state index in [4.69, 9.17) is 21.7 Å². The van der Waals surface area contributed by atoms with E-state index in [0.29, 0.717) is 5.11 Å². The lowest BCUT2D eigenvalue weighted by molar-refractivity contribution is -0.00317. The Morgan fingerprint density at radius 2 is 2.00 bits per heavy atom. The monoisotopic (exact) mass is 340 g/mol. The predicted octanol–water partition coefficient (Wildman–Crippen LogP) is 3.88. The van der Waals surface area contributed by atoms with Gasteiger partial charge in [0.05, 0.1) is 18.8 Å². The number of hydrogen-bond acceptors (Lipinski definition) is 3. The third-order valence-electron chi connectivity index (χ3n) is 5.15. The molecule has 2 aliphatic rings. The Bertz CT molecular complexity index is 809. The molecule has 1 saturated heterocycles. The number of methoxy groups -OCH3 is 1. The highest BCUT2D eigenvalue weighted by atomic mass is 32.1. The summed E-state index contributed by atoms with van der Waals surface area (Å²) in [5.41, 5.74) is 1.56. The fourth-order valence-corrected chi connectivity index (χ4v) is 4.11. The molecule has 1 N–H and O–H groups in total. The summed E-state index contributed by atoms with van der Waals surface area (Å²) < 4.78 is 11.8. The summed E-state index contributed by atoms with van der Waals surface area (Å²) in [6, 6.07) is 16.2. The summed E-state index contributed by atoms with van der Waals surface area (Å²) in [5, 5.41) is 4.17. The number of hydrogen-bond donors (Lipinski definition) is 1. The molecule has 5 heteroatoms. The molecule has 2 aromatic carbocycles. The quantitative estimate of drug-likeness (QED) is 0.839. The van der Waals surface area contributed by atoms with Crippen molar-refractivity contribution in [2.24, 2.45) is 5.92 Å². The van der Waals surface area contributed by atoms with Crippen molar-refractivity contribution in [2.75, 3.05) is 12.0 Å². The van der Waals surface area contributed by atoms with Crippen LogP contribution in [0, 0.1) is 5.92 Å². The summed E-state index contributed by atoms with van der Waals surface area (Å²) in [5.74, 6) is 1.92. The van der Waals surface area contributed by atoms with Crippen LogP contribution in [0.4, 0.5) is 5.69 Å². The zero-order chi connectivity index (χ0) is 16.9. The van der Waals surface area contributed by atoms with Gasteiger partial charge in [-0.3, -0.25) is 4.90 Å². The van der Waals surface area contributed by atoms with Crippen molar-refractivity contribution >= 4 is 23.0 Å². The van der Waals surface area contributed by atoms with E-state index in [-0.39, 0.29) is 12.0 Å². The molecule has 3 atom stereocenters. The van der Waals surface area contributed by atoms with E-state index in [1.807, 2.05) is 42.5 Å². The number of benzene rings is 2. The Morgan fingerprint density at radius 1 is 1.21 bits per heavy atom. The first-order valence-electron chi connectivity index (χ1n) is 8.07. The minimum absolute atomic E-state index is 0.148. The zero-order valence-corrected chi connectivity index (χ0v) is 14.8. The molecule has 24 heavy (non-hydrogen) atoms. The SMILES string of the molecule is COc1cccc(N2C(=S)N[C@H]3c4ccccc4O[C@@]2(C)[C@H]3C)c1. The van der Waals surface area contributed by atoms with Crippen LogP contribution in [0.3, 0.4) is 0 Å². The van der Waals surface area contributed by atoms with Crippen molar-refractivity contribution in [3.63, 3.8) is 0 Å². The van der Waals surface area contributed by atoms with Crippen molar-refractivity contribution in [1.29, 1.82) is 0 Å². The molecule has 0 aliphatic carbocycles. The Labute approximate surface area is 147 Å². The van der Waals surface area contributed by atoms with E-state index in [2.05, 4.69) is 30.1 Å². The molecule has 124 valence electrons. The molecule has 0 unspecified atom stereocenters. The van der Waals surface area contributed by atoms with Crippen molar-refractivity contribution < 1.29 is 9.47 Å². The van der Waals surface area contributed by atoms with Gasteiger partial charge in [-0.1, -0.05) is 31.2 Å². The van der Waals surface area contributed by atoms with Gasteiger partial charge in [-0.25, -0.2) is 0 Å². The maximum Gasteiger partial charge on any atom is 0.190 e. The van der Waals surface area contributed by atoms with Gasteiger partial charge in [0.1, 0.15) is 11.5 Å². The zero-order valence-electron chi connectivity index (χ0n) is 13.9. The third kappa shape index (κ3) is 2.08. The highest BCUT2D eigenvalue weighted by molar-refractivity contribution is 7.80. The van der Waals surface area contributed by atoms with Gasteiger partial charge in [0, 0.05) is 17.5 Å². The average molecular weight is 340 g/mol. The van der Waals surface area contributed by atoms with Gasteiger partial charge in [0.2, 0.25) is 0 Å². The molecule has 2 bridgehead atoms. The molecule has 4 rings (SSSR count). The number of anilines is 1. The first-order valence-corrected chi connectivity index (χ1v) is 8.48. The number of ether oxygens (including phenoxy) is 2. The molecule has 0 saturated carbocycles. The molecule has 0 amide bonds. The van der Waals surface area contributed by atoms with Gasteiger partial charge < -0.3 is 14.8 Å². The van der Waals surface area contributed by atoms with E-state index in [0.717, 1.165) is 22.7 Å². The first kappa shape index (κ1) is 15.3. The molecular weight excluding hydrogens is 320 g/mol. The molecule has 0 spiro atoms. The third-order valence-corrected chi connectivity index (χ3v) is 5.45. The minimum atomic E-state index is -0.562. The molecule has 1 fully saturated rings. The second-order valence-electron chi connectivity index (χ2n) is 6.45. The molecule has 2 aromatic rings. The highest BCUT2D eigenvalue weighted by Gasteiger charge is 2.53. The second-order valence-corrected chi connectivity index (χ2v) is 6.83. The lowest BCUT2D eigenvalue weighted by atomic mass is 9.80. The lowest BCUT2D eigenvalue weighted by Gasteiger charge is -2.56. The Morgan fingerprint density at radius 3 is 2.79 bits per heavy atom. The number of rotatable bonds is 2. The normalized spacial score (nSPS) is 27.8. The highest BCUT2D eigenvalue weighted by Crippen LogP contribution is 2.49. The Hall–Kier alpha value is -2.27. The molecule has 0 aromatic heterocycles. The van der Waals surface area contributed by atoms with Crippen LogP contribution >= 0.6 is 12.2 Å². The summed E-state index contributed by atoms with van der Waals surface area (Å²) in [6.07, 6.45) is 0. The van der Waals surface area contributed by atoms with E-state index < -0.39 is 5.72 Å². The average Bonchev–Trinajstić information content (AvgIpc) is 2.58. The predicted molar refractivity (Wildman–Crippen MR) is 98.6 cm³/mol. The minimum Gasteiger partial charge on any atom is -0.497 e. The van der Waals surface area contributed by atoms with Crippen LogP contribution in [0.25, 0.3) is 0 Å². The van der Waals surface area contributed by atoms with Crippen LogP contribution in [0.1, 0.15) is 25.5 Å². The number of thiocarbonyl (C=S) groups is 1. The van der Waals surface area contributed by atoms with Gasteiger partial charge in [-0.2, -0.15) is 0 Å². The fourth-order valence-electron chi connectivity index (χ4n) is 3.70.